The molecule has 0 bridgehead atoms. The Hall–Kier alpha value is -1.03. The van der Waals surface area contributed by atoms with Crippen LogP contribution in [0.15, 0.2) is 10.8 Å². The Labute approximate surface area is 66.6 Å². The van der Waals surface area contributed by atoms with E-state index in [0.29, 0.717) is 0 Å². The van der Waals surface area contributed by atoms with Crippen LogP contribution in [0.3, 0.4) is 0 Å². The molecule has 1 rings (SSSR count). The van der Waals surface area contributed by atoms with Crippen LogP contribution in [0.5, 0.6) is 0 Å². The van der Waals surface area contributed by atoms with E-state index in [1.54, 1.807) is 13.3 Å². The Morgan fingerprint density at radius 1 is 1.73 bits per heavy atom. The van der Waals surface area contributed by atoms with Crippen molar-refractivity contribution in [2.75, 3.05) is 21.2 Å². The van der Waals surface area contributed by atoms with E-state index in [2.05, 4.69) is 16.5 Å². The molecular weight excluding hydrogens is 142 g/mol. The molecule has 11 heavy (non-hydrogen) atoms. The minimum absolute atomic E-state index is 0.140. The highest BCUT2D eigenvalue weighted by Gasteiger charge is 2.07. The molecular formula is C7H12N3O. The van der Waals surface area contributed by atoms with E-state index < -0.39 is 0 Å². The average Bonchev–Trinajstić information content (AvgIpc) is 2.05. The number of ether oxygens (including phenoxy) is 1. The molecule has 0 saturated heterocycles. The van der Waals surface area contributed by atoms with E-state index in [1.807, 2.05) is 19.0 Å². The molecule has 1 radical (unpaired) electrons. The Morgan fingerprint density at radius 3 is 2.82 bits per heavy atom. The van der Waals surface area contributed by atoms with Gasteiger partial charge in [0.2, 0.25) is 0 Å². The maximum absolute atomic E-state index is 4.96. The summed E-state index contributed by atoms with van der Waals surface area (Å²) in [7, 11) is 5.44. The summed E-state index contributed by atoms with van der Waals surface area (Å²) in [6, 6.07) is 0. The van der Waals surface area contributed by atoms with Crippen molar-refractivity contribution in [1.29, 1.82) is 0 Å². The number of hydrogen-bond donors (Lipinski definition) is 1. The summed E-state index contributed by atoms with van der Waals surface area (Å²) in [5.74, 6) is 0.776. The van der Waals surface area contributed by atoms with E-state index in [-0.39, 0.29) is 6.23 Å². The molecule has 0 aliphatic carbocycles. The number of nitrogens with one attached hydrogen (secondary N) is 1. The van der Waals surface area contributed by atoms with Gasteiger partial charge in [-0.1, -0.05) is 0 Å². The Morgan fingerprint density at radius 2 is 2.45 bits per heavy atom. The van der Waals surface area contributed by atoms with E-state index >= 15 is 0 Å². The maximum Gasteiger partial charge on any atom is 0.164 e. The third-order valence-corrected chi connectivity index (χ3v) is 1.34. The van der Waals surface area contributed by atoms with Crippen molar-refractivity contribution in [2.45, 2.75) is 6.23 Å². The summed E-state index contributed by atoms with van der Waals surface area (Å²) < 4.78 is 4.96. The van der Waals surface area contributed by atoms with Crippen LogP contribution in [-0.4, -0.2) is 38.5 Å². The molecule has 0 unspecified atom stereocenters. The van der Waals surface area contributed by atoms with Crippen LogP contribution < -0.4 is 5.32 Å². The van der Waals surface area contributed by atoms with Gasteiger partial charge in [0.05, 0.1) is 6.21 Å². The molecule has 0 aromatic rings. The van der Waals surface area contributed by atoms with Crippen molar-refractivity contribution >= 4 is 6.21 Å². The lowest BCUT2D eigenvalue weighted by atomic mass is 10.5. The van der Waals surface area contributed by atoms with Crippen molar-refractivity contribution in [3.05, 3.63) is 12.0 Å². The van der Waals surface area contributed by atoms with Gasteiger partial charge in [0.25, 0.3) is 0 Å². The minimum atomic E-state index is -0.140. The molecule has 1 N–H and O–H groups in total. The topological polar surface area (TPSA) is 36.9 Å². The average molecular weight is 154 g/mol. The van der Waals surface area contributed by atoms with Crippen molar-refractivity contribution in [3.63, 3.8) is 0 Å². The third kappa shape index (κ3) is 1.94. The summed E-state index contributed by atoms with van der Waals surface area (Å²) in [5.41, 5.74) is 0. The molecule has 0 amide bonds. The number of methoxy groups -OCH3 is 1. The van der Waals surface area contributed by atoms with E-state index in [1.165, 1.54) is 0 Å². The molecule has 4 nitrogen and oxygen atoms in total. The van der Waals surface area contributed by atoms with Crippen LogP contribution in [0.25, 0.3) is 0 Å². The van der Waals surface area contributed by atoms with Gasteiger partial charge in [-0.05, 0) is 0 Å². The molecule has 4 heteroatoms. The highest BCUT2D eigenvalue weighted by molar-refractivity contribution is 5.64. The second-order valence-electron chi connectivity index (χ2n) is 2.42. The van der Waals surface area contributed by atoms with Gasteiger partial charge in [-0.3, -0.25) is 0 Å². The van der Waals surface area contributed by atoms with Crippen LogP contribution in [0.2, 0.25) is 0 Å². The van der Waals surface area contributed by atoms with Gasteiger partial charge in [-0.15, -0.1) is 0 Å². The lowest BCUT2D eigenvalue weighted by molar-refractivity contribution is 0.138. The van der Waals surface area contributed by atoms with Gasteiger partial charge in [0, 0.05) is 21.2 Å². The van der Waals surface area contributed by atoms with Gasteiger partial charge in [0.15, 0.2) is 12.0 Å². The lowest BCUT2D eigenvalue weighted by Gasteiger charge is -2.19. The standard InChI is InChI=1S/C7H12N3O/c1-10(2)6-4-9-7(11-3)5-8-6/h5,7,9H,1-3H3/t7-/m0/s1. The van der Waals surface area contributed by atoms with Crippen LogP contribution in [0, 0.1) is 6.20 Å². The van der Waals surface area contributed by atoms with Crippen LogP contribution >= 0.6 is 0 Å². The zero-order valence-corrected chi connectivity index (χ0v) is 6.96. The summed E-state index contributed by atoms with van der Waals surface area (Å²) in [4.78, 5) is 5.97. The molecule has 0 spiro atoms. The van der Waals surface area contributed by atoms with Gasteiger partial charge < -0.3 is 15.0 Å². The van der Waals surface area contributed by atoms with Crippen LogP contribution in [0.4, 0.5) is 0 Å². The van der Waals surface area contributed by atoms with Crippen molar-refractivity contribution in [3.8, 4) is 0 Å². The summed E-state index contributed by atoms with van der Waals surface area (Å²) in [6.45, 7) is 0. The monoisotopic (exact) mass is 154 g/mol. The molecule has 1 atom stereocenters. The number of aliphatic imine (C=N–C) groups is 1. The van der Waals surface area contributed by atoms with Gasteiger partial charge in [0.1, 0.15) is 6.20 Å². The second-order valence-corrected chi connectivity index (χ2v) is 2.42. The molecule has 1 heterocycles. The summed E-state index contributed by atoms with van der Waals surface area (Å²) >= 11 is 0. The second kappa shape index (κ2) is 3.39. The largest absolute Gasteiger partial charge is 0.361 e. The van der Waals surface area contributed by atoms with E-state index in [0.717, 1.165) is 5.82 Å². The zero-order chi connectivity index (χ0) is 8.27. The Kier molecular flexibility index (Phi) is 2.48. The predicted molar refractivity (Wildman–Crippen MR) is 42.9 cm³/mol. The van der Waals surface area contributed by atoms with E-state index in [4.69, 9.17) is 4.74 Å². The minimum Gasteiger partial charge on any atom is -0.361 e. The molecule has 61 valence electrons. The van der Waals surface area contributed by atoms with Crippen LogP contribution in [0.1, 0.15) is 0 Å². The first kappa shape index (κ1) is 8.07. The van der Waals surface area contributed by atoms with Crippen LogP contribution in [-0.2, 0) is 4.74 Å². The quantitative estimate of drug-likeness (QED) is 0.598. The van der Waals surface area contributed by atoms with Gasteiger partial charge in [-0.2, -0.15) is 0 Å². The lowest BCUT2D eigenvalue weighted by Crippen LogP contribution is -2.33. The fourth-order valence-corrected chi connectivity index (χ4v) is 0.691. The first-order valence-electron chi connectivity index (χ1n) is 3.37. The first-order valence-corrected chi connectivity index (χ1v) is 3.37. The van der Waals surface area contributed by atoms with Crippen molar-refractivity contribution in [1.82, 2.24) is 10.2 Å². The first-order chi connectivity index (χ1) is 5.24. The number of rotatable bonds is 2. The third-order valence-electron chi connectivity index (χ3n) is 1.34. The highest BCUT2D eigenvalue weighted by atomic mass is 16.5. The molecule has 0 saturated carbocycles. The highest BCUT2D eigenvalue weighted by Crippen LogP contribution is 2.01. The fourth-order valence-electron chi connectivity index (χ4n) is 0.691. The molecule has 1 aliphatic heterocycles. The van der Waals surface area contributed by atoms with Crippen molar-refractivity contribution < 1.29 is 4.74 Å². The fraction of sp³-hybridized carbons (Fsp3) is 0.571. The normalized spacial score (nSPS) is 22.5. The zero-order valence-electron chi connectivity index (χ0n) is 6.96. The molecule has 0 aromatic carbocycles. The van der Waals surface area contributed by atoms with Gasteiger partial charge in [-0.25, -0.2) is 4.99 Å². The SMILES string of the molecule is CO[C@H]1C=NC(N(C)C)=[C]N1. The number of hydrogen-bond acceptors (Lipinski definition) is 4. The van der Waals surface area contributed by atoms with Gasteiger partial charge >= 0.3 is 0 Å². The van der Waals surface area contributed by atoms with Crippen molar-refractivity contribution in [2.24, 2.45) is 4.99 Å². The Balaban J connectivity index is 2.53. The molecule has 0 aromatic heterocycles. The molecule has 0 fully saturated rings. The smallest absolute Gasteiger partial charge is 0.164 e. The van der Waals surface area contributed by atoms with E-state index in [9.17, 15) is 0 Å². The Bertz CT molecular complexity index is 186. The summed E-state index contributed by atoms with van der Waals surface area (Å²) in [5, 5.41) is 2.90. The maximum atomic E-state index is 4.96. The predicted octanol–water partition coefficient (Wildman–Crippen LogP) is -0.203. The molecule has 1 aliphatic rings. The summed E-state index contributed by atoms with van der Waals surface area (Å²) in [6.07, 6.45) is 4.45. The number of nitrogens with zero attached hydrogens (tertiary/aromatic N) is 2.